The average Bonchev–Trinajstić information content (AvgIpc) is 3.00. The lowest BCUT2D eigenvalue weighted by Crippen LogP contribution is -2.18. The number of halogens is 3. The van der Waals surface area contributed by atoms with Gasteiger partial charge in [0, 0.05) is 19.8 Å². The van der Waals surface area contributed by atoms with Crippen LogP contribution in [0.15, 0.2) is 41.5 Å². The minimum Gasteiger partial charge on any atom is -0.377 e. The van der Waals surface area contributed by atoms with Gasteiger partial charge in [0.25, 0.3) is 5.56 Å². The van der Waals surface area contributed by atoms with E-state index in [1.165, 1.54) is 34.4 Å². The molecule has 4 aromatic rings. The fourth-order valence-corrected chi connectivity index (χ4v) is 4.20. The third-order valence-electron chi connectivity index (χ3n) is 4.41. The van der Waals surface area contributed by atoms with Crippen LogP contribution in [0.25, 0.3) is 26.1 Å². The second-order valence-electron chi connectivity index (χ2n) is 6.60. The molecule has 0 atom stereocenters. The van der Waals surface area contributed by atoms with Gasteiger partial charge in [0.15, 0.2) is 0 Å². The number of benzene rings is 1. The van der Waals surface area contributed by atoms with Crippen molar-refractivity contribution in [3.05, 3.63) is 58.3 Å². The first-order valence-corrected chi connectivity index (χ1v) is 9.15. The molecule has 28 heavy (non-hydrogen) atoms. The number of rotatable bonds is 2. The van der Waals surface area contributed by atoms with Crippen molar-refractivity contribution in [2.24, 2.45) is 0 Å². The molecule has 1 aromatic carbocycles. The topological polar surface area (TPSA) is 51.0 Å². The van der Waals surface area contributed by atoms with Crippen LogP contribution < -0.4 is 10.5 Å². The predicted molar refractivity (Wildman–Crippen MR) is 105 cm³/mol. The number of nitrogens with zero attached hydrogens (tertiary/aromatic N) is 4. The molecular weight excluding hydrogens is 389 g/mol. The summed E-state index contributed by atoms with van der Waals surface area (Å²) < 4.78 is 40.0. The van der Waals surface area contributed by atoms with Gasteiger partial charge in [-0.2, -0.15) is 13.2 Å². The number of pyridine rings is 1. The summed E-state index contributed by atoms with van der Waals surface area (Å²) >= 11 is 1.24. The number of hydrogen-bond acceptors (Lipinski definition) is 5. The molecule has 4 rings (SSSR count). The van der Waals surface area contributed by atoms with E-state index in [1.54, 1.807) is 0 Å². The Hall–Kier alpha value is -2.94. The molecule has 144 valence electrons. The molecule has 0 aliphatic heterocycles. The van der Waals surface area contributed by atoms with Gasteiger partial charge < -0.3 is 4.90 Å². The van der Waals surface area contributed by atoms with Crippen molar-refractivity contribution < 1.29 is 13.2 Å². The van der Waals surface area contributed by atoms with E-state index in [4.69, 9.17) is 0 Å². The molecule has 0 fully saturated rings. The number of hydrogen-bond donors (Lipinski definition) is 0. The maximum Gasteiger partial charge on any atom is 0.416 e. The van der Waals surface area contributed by atoms with Crippen LogP contribution in [0.3, 0.4) is 0 Å². The Balaban J connectivity index is 1.94. The van der Waals surface area contributed by atoms with E-state index in [0.717, 1.165) is 28.9 Å². The Morgan fingerprint density at radius 1 is 1.14 bits per heavy atom. The lowest BCUT2D eigenvalue weighted by molar-refractivity contribution is -0.137. The number of aryl methyl sites for hydroxylation is 1. The standard InChI is InChI=1S/C19H15F3N4OS/c1-10-8-13(25(2)3)14-15-16(28-17(14)24-10)18(27)26(9-23-15)12-6-4-11(5-7-12)19(20,21)22/h4-9H,1-3H3. The van der Waals surface area contributed by atoms with E-state index in [9.17, 15) is 18.0 Å². The maximum absolute atomic E-state index is 13.0. The highest BCUT2D eigenvalue weighted by atomic mass is 32.1. The van der Waals surface area contributed by atoms with Crippen molar-refractivity contribution in [3.63, 3.8) is 0 Å². The quantitative estimate of drug-likeness (QED) is 0.497. The molecular formula is C19H15F3N4OS. The molecule has 9 heteroatoms. The third-order valence-corrected chi connectivity index (χ3v) is 5.47. The fraction of sp³-hybridized carbons (Fsp3) is 0.211. The van der Waals surface area contributed by atoms with Crippen LogP contribution >= 0.6 is 11.3 Å². The van der Waals surface area contributed by atoms with E-state index >= 15 is 0 Å². The van der Waals surface area contributed by atoms with Crippen molar-refractivity contribution >= 4 is 37.5 Å². The van der Waals surface area contributed by atoms with Crippen molar-refractivity contribution in [1.29, 1.82) is 0 Å². The van der Waals surface area contributed by atoms with Gasteiger partial charge in [-0.05, 0) is 37.3 Å². The Morgan fingerprint density at radius 2 is 1.82 bits per heavy atom. The smallest absolute Gasteiger partial charge is 0.377 e. The summed E-state index contributed by atoms with van der Waals surface area (Å²) in [4.78, 5) is 24.6. The molecule has 3 heterocycles. The van der Waals surface area contributed by atoms with Gasteiger partial charge in [-0.25, -0.2) is 9.97 Å². The molecule has 0 N–H and O–H groups in total. The lowest BCUT2D eigenvalue weighted by atomic mass is 10.2. The molecule has 0 aliphatic carbocycles. The SMILES string of the molecule is Cc1cc(N(C)C)c2c(n1)sc1c(=O)n(-c3ccc(C(F)(F)F)cc3)cnc12. The first kappa shape index (κ1) is 18.4. The zero-order valence-corrected chi connectivity index (χ0v) is 16.0. The van der Waals surface area contributed by atoms with E-state index < -0.39 is 11.7 Å². The summed E-state index contributed by atoms with van der Waals surface area (Å²) in [7, 11) is 3.81. The van der Waals surface area contributed by atoms with Crippen LogP contribution in [0.2, 0.25) is 0 Å². The Morgan fingerprint density at radius 3 is 2.43 bits per heavy atom. The summed E-state index contributed by atoms with van der Waals surface area (Å²) in [5, 5.41) is 0.798. The van der Waals surface area contributed by atoms with E-state index in [1.807, 2.05) is 32.0 Å². The number of thiophene rings is 1. The molecule has 0 saturated heterocycles. The summed E-state index contributed by atoms with van der Waals surface area (Å²) in [6.45, 7) is 1.88. The molecule has 0 aliphatic rings. The number of aromatic nitrogens is 3. The van der Waals surface area contributed by atoms with Crippen LogP contribution in [0.5, 0.6) is 0 Å². The molecule has 0 amide bonds. The van der Waals surface area contributed by atoms with Gasteiger partial charge in [0.1, 0.15) is 21.4 Å². The highest BCUT2D eigenvalue weighted by molar-refractivity contribution is 7.25. The summed E-state index contributed by atoms with van der Waals surface area (Å²) in [6, 6.07) is 6.35. The minimum atomic E-state index is -4.43. The Kier molecular flexibility index (Phi) is 4.15. The third kappa shape index (κ3) is 2.91. The second kappa shape index (κ2) is 6.30. The van der Waals surface area contributed by atoms with Crippen molar-refractivity contribution in [1.82, 2.24) is 14.5 Å². The zero-order chi connectivity index (χ0) is 20.2. The first-order valence-electron chi connectivity index (χ1n) is 8.33. The summed E-state index contributed by atoms with van der Waals surface area (Å²) in [6.07, 6.45) is -3.08. The molecule has 0 unspecified atom stereocenters. The van der Waals surface area contributed by atoms with Gasteiger partial charge in [-0.15, -0.1) is 11.3 Å². The fourth-order valence-electron chi connectivity index (χ4n) is 3.08. The average molecular weight is 404 g/mol. The summed E-state index contributed by atoms with van der Waals surface area (Å²) in [5.74, 6) is 0. The van der Waals surface area contributed by atoms with Crippen LogP contribution in [0.4, 0.5) is 18.9 Å². The van der Waals surface area contributed by atoms with Crippen LogP contribution in [0.1, 0.15) is 11.3 Å². The monoisotopic (exact) mass is 404 g/mol. The number of fused-ring (bicyclic) bond motifs is 3. The maximum atomic E-state index is 13.0. The van der Waals surface area contributed by atoms with Gasteiger partial charge in [-0.3, -0.25) is 9.36 Å². The molecule has 0 radical (unpaired) electrons. The number of alkyl halides is 3. The first-order chi connectivity index (χ1) is 13.2. The van der Waals surface area contributed by atoms with Gasteiger partial charge in [0.2, 0.25) is 0 Å². The lowest BCUT2D eigenvalue weighted by Gasteiger charge is -2.14. The van der Waals surface area contributed by atoms with Gasteiger partial charge in [0.05, 0.1) is 22.3 Å². The number of anilines is 1. The minimum absolute atomic E-state index is 0.321. The predicted octanol–water partition coefficient (Wildman–Crippen LogP) is 4.39. The highest BCUT2D eigenvalue weighted by Gasteiger charge is 2.30. The second-order valence-corrected chi connectivity index (χ2v) is 7.60. The molecule has 0 bridgehead atoms. The van der Waals surface area contributed by atoms with Crippen LogP contribution in [-0.2, 0) is 6.18 Å². The highest BCUT2D eigenvalue weighted by Crippen LogP contribution is 2.36. The zero-order valence-electron chi connectivity index (χ0n) is 15.2. The Bertz CT molecular complexity index is 1260. The van der Waals surface area contributed by atoms with E-state index in [0.29, 0.717) is 20.7 Å². The molecule has 5 nitrogen and oxygen atoms in total. The molecule has 0 spiro atoms. The summed E-state index contributed by atoms with van der Waals surface area (Å²) in [5.41, 5.74) is 1.50. The largest absolute Gasteiger partial charge is 0.416 e. The van der Waals surface area contributed by atoms with Gasteiger partial charge in [-0.1, -0.05) is 0 Å². The van der Waals surface area contributed by atoms with Crippen molar-refractivity contribution in [2.45, 2.75) is 13.1 Å². The van der Waals surface area contributed by atoms with E-state index in [2.05, 4.69) is 9.97 Å². The molecule has 3 aromatic heterocycles. The van der Waals surface area contributed by atoms with Crippen LogP contribution in [-0.4, -0.2) is 28.6 Å². The van der Waals surface area contributed by atoms with Gasteiger partial charge >= 0.3 is 6.18 Å². The van der Waals surface area contributed by atoms with Crippen molar-refractivity contribution in [3.8, 4) is 5.69 Å². The van der Waals surface area contributed by atoms with Crippen LogP contribution in [0, 0.1) is 6.92 Å². The Labute approximate surface area is 161 Å². The van der Waals surface area contributed by atoms with Crippen molar-refractivity contribution in [2.75, 3.05) is 19.0 Å². The normalized spacial score (nSPS) is 12.1. The molecule has 0 saturated carbocycles. The van der Waals surface area contributed by atoms with E-state index in [-0.39, 0.29) is 5.56 Å².